The van der Waals surface area contributed by atoms with Crippen LogP contribution in [0.15, 0.2) is 47.4 Å². The highest BCUT2D eigenvalue weighted by molar-refractivity contribution is 5.79. The van der Waals surface area contributed by atoms with Gasteiger partial charge >= 0.3 is 6.09 Å². The number of aromatic nitrogens is 1. The summed E-state index contributed by atoms with van der Waals surface area (Å²) in [6.45, 7) is 9.78. The number of fused-ring (bicyclic) bond motifs is 1. The molecule has 0 saturated heterocycles. The Morgan fingerprint density at radius 1 is 1.20 bits per heavy atom. The average molecular weight is 415 g/mol. The van der Waals surface area contributed by atoms with Gasteiger partial charge in [0.05, 0.1) is 6.54 Å². The summed E-state index contributed by atoms with van der Waals surface area (Å²) < 4.78 is 12.9. The molecule has 0 saturated carbocycles. The fourth-order valence-electron chi connectivity index (χ4n) is 3.52. The molecule has 1 amide bonds. The molecule has 0 aliphatic carbocycles. The molecule has 2 aromatic rings. The Kier molecular flexibility index (Phi) is 6.22. The van der Waals surface area contributed by atoms with Gasteiger partial charge in [0.25, 0.3) is 0 Å². The molecule has 2 heterocycles. The first-order valence-corrected chi connectivity index (χ1v) is 10.2. The summed E-state index contributed by atoms with van der Waals surface area (Å²) >= 11 is 0. The Balaban J connectivity index is 2.04. The lowest BCUT2D eigenvalue weighted by atomic mass is 9.86. The summed E-state index contributed by atoms with van der Waals surface area (Å²) in [7, 11) is 0. The fraction of sp³-hybridized carbons (Fsp3) is 0.478. The van der Waals surface area contributed by atoms with Gasteiger partial charge in [-0.3, -0.25) is 9.47 Å². The van der Waals surface area contributed by atoms with Crippen molar-refractivity contribution < 1.29 is 19.4 Å². The van der Waals surface area contributed by atoms with Crippen molar-refractivity contribution in [2.45, 2.75) is 52.9 Å². The lowest BCUT2D eigenvalue weighted by Gasteiger charge is -2.41. The predicted octanol–water partition coefficient (Wildman–Crippen LogP) is 3.62. The van der Waals surface area contributed by atoms with E-state index in [0.29, 0.717) is 0 Å². The van der Waals surface area contributed by atoms with Crippen LogP contribution in [0.2, 0.25) is 0 Å². The fourth-order valence-corrected chi connectivity index (χ4v) is 3.52. The van der Waals surface area contributed by atoms with E-state index in [1.807, 2.05) is 44.2 Å². The van der Waals surface area contributed by atoms with E-state index in [1.165, 1.54) is 21.9 Å². The van der Waals surface area contributed by atoms with E-state index < -0.39 is 17.8 Å². The lowest BCUT2D eigenvalue weighted by molar-refractivity contribution is 0.0315. The minimum Gasteiger partial charge on any atom is -0.483 e. The topological polar surface area (TPSA) is 81.0 Å². The minimum absolute atomic E-state index is 0.0489. The molecule has 7 nitrogen and oxygen atoms in total. The number of aliphatic hydroxyl groups excluding tert-OH is 1. The van der Waals surface area contributed by atoms with E-state index in [4.69, 9.17) is 9.47 Å². The molecule has 0 radical (unpaired) electrons. The molecule has 1 N–H and O–H groups in total. The number of hydrogen-bond donors (Lipinski definition) is 1. The third-order valence-electron chi connectivity index (χ3n) is 5.09. The second-order valence-corrected chi connectivity index (χ2v) is 8.93. The lowest BCUT2D eigenvalue weighted by Crippen LogP contribution is -2.53. The van der Waals surface area contributed by atoms with Crippen molar-refractivity contribution in [1.82, 2.24) is 4.68 Å². The molecular formula is C23H30N2O5. The van der Waals surface area contributed by atoms with Crippen molar-refractivity contribution in [2.75, 3.05) is 11.6 Å². The summed E-state index contributed by atoms with van der Waals surface area (Å²) in [6, 6.07) is 10.8. The van der Waals surface area contributed by atoms with E-state index >= 15 is 0 Å². The van der Waals surface area contributed by atoms with E-state index in [0.717, 1.165) is 5.56 Å². The second kappa shape index (κ2) is 8.52. The summed E-state index contributed by atoms with van der Waals surface area (Å²) in [5.41, 5.74) is 0.153. The van der Waals surface area contributed by atoms with Gasteiger partial charge in [-0.25, -0.2) is 9.80 Å². The highest BCUT2D eigenvalue weighted by Gasteiger charge is 2.40. The standard InChI is InChI=1S/C23H30N2O5/c1-15(2)17-13-25(22(28)30-23(3,4)5)24-12-11-18(26)21(19(24)20(17)27)29-14-16-9-7-6-8-10-16/h6-12,15,17,20,27H,13-14H2,1-5H3. The van der Waals surface area contributed by atoms with Crippen LogP contribution in [0.4, 0.5) is 4.79 Å². The van der Waals surface area contributed by atoms with Gasteiger partial charge in [-0.05, 0) is 32.3 Å². The average Bonchev–Trinajstić information content (AvgIpc) is 2.66. The van der Waals surface area contributed by atoms with Crippen LogP contribution >= 0.6 is 0 Å². The van der Waals surface area contributed by atoms with Gasteiger partial charge in [0.2, 0.25) is 5.43 Å². The number of benzene rings is 1. The third kappa shape index (κ3) is 4.67. The SMILES string of the molecule is CC(C)C1CN(C(=O)OC(C)(C)C)n2ccc(=O)c(OCc3ccccc3)c2C1O. The van der Waals surface area contributed by atoms with Gasteiger partial charge < -0.3 is 14.6 Å². The monoisotopic (exact) mass is 414 g/mol. The maximum atomic E-state index is 12.9. The molecule has 2 atom stereocenters. The van der Waals surface area contributed by atoms with Crippen molar-refractivity contribution in [3.05, 3.63) is 64.1 Å². The number of ether oxygens (including phenoxy) is 2. The Morgan fingerprint density at radius 3 is 2.47 bits per heavy atom. The van der Waals surface area contributed by atoms with Crippen molar-refractivity contribution in [2.24, 2.45) is 11.8 Å². The molecule has 2 unspecified atom stereocenters. The van der Waals surface area contributed by atoms with E-state index in [2.05, 4.69) is 0 Å². The predicted molar refractivity (Wildman–Crippen MR) is 114 cm³/mol. The summed E-state index contributed by atoms with van der Waals surface area (Å²) in [5.74, 6) is -0.165. The normalized spacial score (nSPS) is 18.8. The number of rotatable bonds is 4. The summed E-state index contributed by atoms with van der Waals surface area (Å²) in [4.78, 5) is 25.6. The van der Waals surface area contributed by atoms with Crippen LogP contribution in [0.5, 0.6) is 5.75 Å². The zero-order valence-corrected chi connectivity index (χ0v) is 18.2. The molecule has 1 aliphatic heterocycles. The molecule has 30 heavy (non-hydrogen) atoms. The van der Waals surface area contributed by atoms with Gasteiger partial charge in [-0.2, -0.15) is 0 Å². The Labute approximate surface area is 176 Å². The second-order valence-electron chi connectivity index (χ2n) is 8.93. The number of pyridine rings is 1. The number of hydrogen-bond acceptors (Lipinski definition) is 5. The molecule has 162 valence electrons. The number of carbonyl (C=O) groups is 1. The minimum atomic E-state index is -0.955. The maximum absolute atomic E-state index is 12.9. The van der Waals surface area contributed by atoms with Crippen LogP contribution < -0.4 is 15.2 Å². The van der Waals surface area contributed by atoms with Crippen molar-refractivity contribution >= 4 is 6.09 Å². The highest BCUT2D eigenvalue weighted by Crippen LogP contribution is 2.37. The van der Waals surface area contributed by atoms with Crippen molar-refractivity contribution in [3.8, 4) is 5.75 Å². The zero-order chi connectivity index (χ0) is 22.1. The number of carbonyl (C=O) groups excluding carboxylic acids is 1. The molecule has 0 spiro atoms. The smallest absolute Gasteiger partial charge is 0.429 e. The Hall–Kier alpha value is -2.80. The molecule has 1 aromatic heterocycles. The van der Waals surface area contributed by atoms with Crippen LogP contribution in [0, 0.1) is 11.8 Å². The van der Waals surface area contributed by atoms with Gasteiger partial charge in [-0.1, -0.05) is 44.2 Å². The molecule has 3 rings (SSSR count). The first kappa shape index (κ1) is 21.9. The molecule has 7 heteroatoms. The molecule has 0 fully saturated rings. The number of aliphatic hydroxyl groups is 1. The third-order valence-corrected chi connectivity index (χ3v) is 5.09. The first-order valence-electron chi connectivity index (χ1n) is 10.2. The first-order chi connectivity index (χ1) is 14.1. The van der Waals surface area contributed by atoms with Crippen LogP contribution in [0.1, 0.15) is 52.0 Å². The number of nitrogens with zero attached hydrogens (tertiary/aromatic N) is 2. The van der Waals surface area contributed by atoms with E-state index in [1.54, 1.807) is 20.8 Å². The highest BCUT2D eigenvalue weighted by atomic mass is 16.6. The quantitative estimate of drug-likeness (QED) is 0.826. The Bertz CT molecular complexity index is 946. The van der Waals surface area contributed by atoms with E-state index in [-0.39, 0.29) is 41.9 Å². The van der Waals surface area contributed by atoms with Gasteiger partial charge in [0.1, 0.15) is 24.0 Å². The Morgan fingerprint density at radius 2 is 1.87 bits per heavy atom. The molecule has 1 aliphatic rings. The number of amides is 1. The van der Waals surface area contributed by atoms with Crippen LogP contribution in [-0.2, 0) is 11.3 Å². The molecular weight excluding hydrogens is 384 g/mol. The van der Waals surface area contributed by atoms with Gasteiger partial charge in [-0.15, -0.1) is 0 Å². The zero-order valence-electron chi connectivity index (χ0n) is 18.2. The van der Waals surface area contributed by atoms with Gasteiger partial charge in [0, 0.05) is 18.2 Å². The van der Waals surface area contributed by atoms with Crippen LogP contribution in [0.25, 0.3) is 0 Å². The van der Waals surface area contributed by atoms with E-state index in [9.17, 15) is 14.7 Å². The van der Waals surface area contributed by atoms with Crippen LogP contribution in [0.3, 0.4) is 0 Å². The molecule has 1 aromatic carbocycles. The largest absolute Gasteiger partial charge is 0.483 e. The maximum Gasteiger partial charge on any atom is 0.429 e. The van der Waals surface area contributed by atoms with Crippen molar-refractivity contribution in [1.29, 1.82) is 0 Å². The van der Waals surface area contributed by atoms with Gasteiger partial charge in [0.15, 0.2) is 5.75 Å². The summed E-state index contributed by atoms with van der Waals surface area (Å²) in [6.07, 6.45) is -0.0150. The summed E-state index contributed by atoms with van der Waals surface area (Å²) in [5, 5.41) is 12.5. The van der Waals surface area contributed by atoms with Crippen LogP contribution in [-0.4, -0.2) is 28.0 Å². The molecule has 0 bridgehead atoms. The van der Waals surface area contributed by atoms with Crippen molar-refractivity contribution in [3.63, 3.8) is 0 Å².